The first kappa shape index (κ1) is 23.2. The Morgan fingerprint density at radius 3 is 2.15 bits per heavy atom. The fourth-order valence-corrected chi connectivity index (χ4v) is 2.01. The van der Waals surface area contributed by atoms with Crippen molar-refractivity contribution in [3.05, 3.63) is 47.1 Å². The van der Waals surface area contributed by atoms with Crippen molar-refractivity contribution in [2.45, 2.75) is 45.5 Å². The molecule has 2 N–H and O–H groups in total. The highest BCUT2D eigenvalue weighted by Crippen LogP contribution is 2.29. The summed E-state index contributed by atoms with van der Waals surface area (Å²) in [5.41, 5.74) is -0.195. The zero-order valence-corrected chi connectivity index (χ0v) is 17.8. The van der Waals surface area contributed by atoms with E-state index in [0.29, 0.717) is 36.3 Å². The van der Waals surface area contributed by atoms with E-state index < -0.39 is 11.7 Å². The van der Waals surface area contributed by atoms with Crippen LogP contribution >= 0.6 is 24.0 Å². The molecule has 0 atom stereocenters. The van der Waals surface area contributed by atoms with Gasteiger partial charge in [-0.2, -0.15) is 18.2 Å². The van der Waals surface area contributed by atoms with Crippen LogP contribution in [0.25, 0.3) is 0 Å². The molecule has 0 saturated carbocycles. The number of alkyl halides is 3. The highest BCUT2D eigenvalue weighted by atomic mass is 127. The van der Waals surface area contributed by atoms with E-state index in [2.05, 4.69) is 25.8 Å². The van der Waals surface area contributed by atoms with Crippen molar-refractivity contribution in [3.8, 4) is 0 Å². The lowest BCUT2D eigenvalue weighted by Gasteiger charge is -2.12. The SMILES string of the molecule is CN=C(NCc1ccc(C(F)(F)F)cc1)NCc1noc(C(C)(C)C)n1.I. The zero-order valence-electron chi connectivity index (χ0n) is 15.5. The van der Waals surface area contributed by atoms with E-state index in [1.54, 1.807) is 7.05 Å². The van der Waals surface area contributed by atoms with E-state index in [-0.39, 0.29) is 29.4 Å². The van der Waals surface area contributed by atoms with E-state index in [4.69, 9.17) is 4.52 Å². The van der Waals surface area contributed by atoms with Crippen LogP contribution in [0.15, 0.2) is 33.8 Å². The second-order valence-electron chi connectivity index (χ2n) is 6.74. The molecule has 0 amide bonds. The molecule has 0 saturated heterocycles. The van der Waals surface area contributed by atoms with Crippen LogP contribution in [-0.2, 0) is 24.7 Å². The van der Waals surface area contributed by atoms with Crippen LogP contribution in [0.1, 0.15) is 43.6 Å². The lowest BCUT2D eigenvalue weighted by Crippen LogP contribution is -2.36. The van der Waals surface area contributed by atoms with Gasteiger partial charge in [0.25, 0.3) is 0 Å². The van der Waals surface area contributed by atoms with Crippen LogP contribution in [0.3, 0.4) is 0 Å². The first-order valence-corrected chi connectivity index (χ1v) is 8.03. The van der Waals surface area contributed by atoms with Crippen molar-refractivity contribution in [2.75, 3.05) is 7.05 Å². The van der Waals surface area contributed by atoms with Crippen molar-refractivity contribution in [2.24, 2.45) is 4.99 Å². The molecule has 27 heavy (non-hydrogen) atoms. The summed E-state index contributed by atoms with van der Waals surface area (Å²) in [7, 11) is 1.60. The van der Waals surface area contributed by atoms with Gasteiger partial charge in [0.1, 0.15) is 0 Å². The quantitative estimate of drug-likeness (QED) is 0.381. The number of nitrogens with one attached hydrogen (secondary N) is 2. The molecule has 2 aromatic rings. The van der Waals surface area contributed by atoms with Crippen molar-refractivity contribution in [3.63, 3.8) is 0 Å². The Hall–Kier alpha value is -1.85. The van der Waals surface area contributed by atoms with Crippen molar-refractivity contribution in [1.29, 1.82) is 0 Å². The summed E-state index contributed by atoms with van der Waals surface area (Å²) in [5, 5.41) is 9.95. The van der Waals surface area contributed by atoms with Gasteiger partial charge in [-0.15, -0.1) is 24.0 Å². The molecule has 0 radical (unpaired) electrons. The van der Waals surface area contributed by atoms with Crippen LogP contribution in [0, 0.1) is 0 Å². The lowest BCUT2D eigenvalue weighted by atomic mass is 9.97. The Bertz CT molecular complexity index is 751. The van der Waals surface area contributed by atoms with Gasteiger partial charge in [0.05, 0.1) is 12.1 Å². The minimum absolute atomic E-state index is 0. The van der Waals surface area contributed by atoms with E-state index in [1.165, 1.54) is 12.1 Å². The number of hydrogen-bond acceptors (Lipinski definition) is 4. The van der Waals surface area contributed by atoms with Crippen LogP contribution < -0.4 is 10.6 Å². The topological polar surface area (TPSA) is 75.3 Å². The van der Waals surface area contributed by atoms with E-state index >= 15 is 0 Å². The monoisotopic (exact) mass is 497 g/mol. The standard InChI is InChI=1S/C17H22F3N5O.HI/c1-16(2,3)14-24-13(25-26-14)10-23-15(21-4)22-9-11-5-7-12(8-6-11)17(18,19)20;/h5-8H,9-10H2,1-4H3,(H2,21,22,23);1H. The first-order chi connectivity index (χ1) is 12.1. The molecule has 0 aliphatic rings. The molecule has 0 spiro atoms. The van der Waals surface area contributed by atoms with Gasteiger partial charge in [0.15, 0.2) is 11.8 Å². The zero-order chi connectivity index (χ0) is 19.4. The molecule has 1 aromatic carbocycles. The summed E-state index contributed by atoms with van der Waals surface area (Å²) in [6, 6.07) is 4.97. The minimum atomic E-state index is -4.33. The van der Waals surface area contributed by atoms with Gasteiger partial charge in [-0.05, 0) is 17.7 Å². The summed E-state index contributed by atoms with van der Waals surface area (Å²) in [6.07, 6.45) is -4.33. The Morgan fingerprint density at radius 2 is 1.67 bits per heavy atom. The molecule has 2 rings (SSSR count). The average molecular weight is 497 g/mol. The van der Waals surface area contributed by atoms with Crippen molar-refractivity contribution in [1.82, 2.24) is 20.8 Å². The molecule has 150 valence electrons. The highest BCUT2D eigenvalue weighted by molar-refractivity contribution is 14.0. The Balaban J connectivity index is 0.00000364. The number of aliphatic imine (C=N–C) groups is 1. The average Bonchev–Trinajstić information content (AvgIpc) is 3.04. The number of halogens is 4. The second kappa shape index (κ2) is 9.38. The molecule has 0 aliphatic carbocycles. The van der Waals surface area contributed by atoms with Crippen LogP contribution in [-0.4, -0.2) is 23.1 Å². The largest absolute Gasteiger partial charge is 0.416 e. The Morgan fingerprint density at radius 1 is 1.07 bits per heavy atom. The van der Waals surface area contributed by atoms with Crippen molar-refractivity contribution < 1.29 is 17.7 Å². The summed E-state index contributed by atoms with van der Waals surface area (Å²) in [5.74, 6) is 1.52. The number of rotatable bonds is 4. The van der Waals surface area contributed by atoms with E-state index in [9.17, 15) is 13.2 Å². The third-order valence-corrected chi connectivity index (χ3v) is 3.49. The third-order valence-electron chi connectivity index (χ3n) is 3.49. The maximum Gasteiger partial charge on any atom is 0.416 e. The second-order valence-corrected chi connectivity index (χ2v) is 6.74. The molecule has 6 nitrogen and oxygen atoms in total. The van der Waals surface area contributed by atoms with Crippen LogP contribution in [0.4, 0.5) is 13.2 Å². The minimum Gasteiger partial charge on any atom is -0.352 e. The van der Waals surface area contributed by atoms with E-state index in [0.717, 1.165) is 12.1 Å². The fraction of sp³-hybridized carbons (Fsp3) is 0.471. The maximum absolute atomic E-state index is 12.6. The molecular formula is C17H23F3IN5O. The van der Waals surface area contributed by atoms with Crippen molar-refractivity contribution >= 4 is 29.9 Å². The maximum atomic E-state index is 12.6. The molecule has 0 aliphatic heterocycles. The number of benzene rings is 1. The number of guanidine groups is 1. The van der Waals surface area contributed by atoms with Gasteiger partial charge in [-0.25, -0.2) is 0 Å². The smallest absolute Gasteiger partial charge is 0.352 e. The van der Waals surface area contributed by atoms with Crippen LogP contribution in [0.2, 0.25) is 0 Å². The van der Waals surface area contributed by atoms with Gasteiger partial charge in [-0.1, -0.05) is 38.1 Å². The molecule has 0 bridgehead atoms. The van der Waals surface area contributed by atoms with E-state index in [1.807, 2.05) is 20.8 Å². The Kier molecular flexibility index (Phi) is 8.05. The third kappa shape index (κ3) is 7.00. The fourth-order valence-electron chi connectivity index (χ4n) is 2.01. The molecule has 0 unspecified atom stereocenters. The number of hydrogen-bond donors (Lipinski definition) is 2. The molecule has 10 heteroatoms. The normalized spacial score (nSPS) is 12.5. The predicted molar refractivity (Wildman–Crippen MR) is 107 cm³/mol. The molecular weight excluding hydrogens is 474 g/mol. The predicted octanol–water partition coefficient (Wildman–Crippen LogP) is 3.87. The van der Waals surface area contributed by atoms with Gasteiger partial charge in [0.2, 0.25) is 5.89 Å². The van der Waals surface area contributed by atoms with Gasteiger partial charge < -0.3 is 15.2 Å². The van der Waals surface area contributed by atoms with Gasteiger partial charge in [-0.3, -0.25) is 4.99 Å². The molecule has 1 heterocycles. The summed E-state index contributed by atoms with van der Waals surface area (Å²) >= 11 is 0. The lowest BCUT2D eigenvalue weighted by molar-refractivity contribution is -0.137. The molecule has 1 aromatic heterocycles. The Labute approximate surface area is 173 Å². The summed E-state index contributed by atoms with van der Waals surface area (Å²) < 4.78 is 42.9. The summed E-state index contributed by atoms with van der Waals surface area (Å²) in [4.78, 5) is 8.37. The first-order valence-electron chi connectivity index (χ1n) is 8.03. The number of nitrogens with zero attached hydrogens (tertiary/aromatic N) is 3. The summed E-state index contributed by atoms with van der Waals surface area (Å²) in [6.45, 7) is 6.57. The molecule has 0 fully saturated rings. The van der Waals surface area contributed by atoms with Gasteiger partial charge in [0, 0.05) is 19.0 Å². The van der Waals surface area contributed by atoms with Gasteiger partial charge >= 0.3 is 6.18 Å². The van der Waals surface area contributed by atoms with Crippen LogP contribution in [0.5, 0.6) is 0 Å². The highest BCUT2D eigenvalue weighted by Gasteiger charge is 2.29. The number of aromatic nitrogens is 2.